The second-order valence-corrected chi connectivity index (χ2v) is 15.5. The lowest BCUT2D eigenvalue weighted by molar-refractivity contribution is -0.108. The maximum absolute atomic E-state index is 12.3. The number of carbonyl (C=O) groups is 1. The fourth-order valence-electron chi connectivity index (χ4n) is 4.95. The summed E-state index contributed by atoms with van der Waals surface area (Å²) in [6.45, 7) is 22.7. The normalized spacial score (nSPS) is 16.9. The van der Waals surface area contributed by atoms with Crippen LogP contribution in [0.2, 0.25) is 0 Å². The summed E-state index contributed by atoms with van der Waals surface area (Å²) in [7, 11) is 0. The first-order chi connectivity index (χ1) is 26.2. The average Bonchev–Trinajstić information content (AvgIpc) is 3.13. The first-order valence-corrected chi connectivity index (χ1v) is 19.3. The second kappa shape index (κ2) is 23.5. The van der Waals surface area contributed by atoms with Gasteiger partial charge < -0.3 is 52.5 Å². The van der Waals surface area contributed by atoms with E-state index in [4.69, 9.17) is 47.4 Å². The van der Waals surface area contributed by atoms with E-state index in [2.05, 4.69) is 44.8 Å². The van der Waals surface area contributed by atoms with Crippen LogP contribution in [-0.2, 0) is 28.4 Å². The highest BCUT2D eigenvalue weighted by atomic mass is 16.6. The van der Waals surface area contributed by atoms with Gasteiger partial charge in [0, 0.05) is 35.6 Å². The molecule has 14 heteroatoms. The van der Waals surface area contributed by atoms with Gasteiger partial charge in [0.1, 0.15) is 18.9 Å². The molecule has 0 unspecified atom stereocenters. The Morgan fingerprint density at radius 2 is 1.38 bits per heavy atom. The van der Waals surface area contributed by atoms with Gasteiger partial charge in [0.25, 0.3) is 0 Å². The first-order valence-electron chi connectivity index (χ1n) is 19.3. The summed E-state index contributed by atoms with van der Waals surface area (Å²) in [4.78, 5) is 12.3. The van der Waals surface area contributed by atoms with Gasteiger partial charge >= 0.3 is 5.97 Å². The highest BCUT2D eigenvalue weighted by Crippen LogP contribution is 2.38. The van der Waals surface area contributed by atoms with Gasteiger partial charge in [-0.05, 0) is 38.8 Å². The van der Waals surface area contributed by atoms with Gasteiger partial charge in [-0.2, -0.15) is 5.11 Å². The Kier molecular flexibility index (Phi) is 19.6. The lowest BCUT2D eigenvalue weighted by Gasteiger charge is -2.32. The Morgan fingerprint density at radius 3 is 2.13 bits per heavy atom. The fraction of sp³-hybridized carbons (Fsp3) is 0.683. The van der Waals surface area contributed by atoms with Gasteiger partial charge in [0.2, 0.25) is 0 Å². The van der Waals surface area contributed by atoms with Gasteiger partial charge in [-0.25, -0.2) is 4.79 Å². The molecule has 0 aliphatic carbocycles. The van der Waals surface area contributed by atoms with Crippen LogP contribution in [0.25, 0.3) is 0 Å². The summed E-state index contributed by atoms with van der Waals surface area (Å²) in [5.41, 5.74) is -0.425. The third-order valence-corrected chi connectivity index (χ3v) is 7.92. The Labute approximate surface area is 327 Å². The van der Waals surface area contributed by atoms with Crippen molar-refractivity contribution in [1.82, 2.24) is 0 Å². The Hall–Kier alpha value is -3.53. The van der Waals surface area contributed by atoms with E-state index in [0.717, 1.165) is 19.4 Å². The molecule has 55 heavy (non-hydrogen) atoms. The van der Waals surface area contributed by atoms with E-state index in [1.165, 1.54) is 12.1 Å². The molecule has 0 aromatic heterocycles. The van der Waals surface area contributed by atoms with Crippen molar-refractivity contribution in [2.75, 3.05) is 99.1 Å². The molecule has 1 N–H and O–H groups in total. The van der Waals surface area contributed by atoms with Crippen molar-refractivity contribution in [3.63, 3.8) is 0 Å². The van der Waals surface area contributed by atoms with Gasteiger partial charge in [0.15, 0.2) is 23.0 Å². The fourth-order valence-corrected chi connectivity index (χ4v) is 4.95. The summed E-state index contributed by atoms with van der Waals surface area (Å²) >= 11 is 0. The van der Waals surface area contributed by atoms with E-state index in [1.54, 1.807) is 18.2 Å². The first kappa shape index (κ1) is 45.9. The minimum absolute atomic E-state index is 0.0844. The lowest BCUT2D eigenvalue weighted by atomic mass is 9.95. The number of ether oxygens (including phenoxy) is 10. The van der Waals surface area contributed by atoms with Crippen LogP contribution in [-0.4, -0.2) is 116 Å². The summed E-state index contributed by atoms with van der Waals surface area (Å²) in [6.07, 6.45) is 1.71. The minimum Gasteiger partial charge on any atom is -0.490 e. The molecule has 3 rings (SSSR count). The van der Waals surface area contributed by atoms with Crippen LogP contribution in [0.1, 0.15) is 78.6 Å². The maximum Gasteiger partial charge on any atom is 0.338 e. The van der Waals surface area contributed by atoms with Crippen LogP contribution in [0, 0.1) is 10.8 Å². The van der Waals surface area contributed by atoms with Crippen LogP contribution in [0.4, 0.5) is 11.4 Å². The molecule has 1 aliphatic rings. The number of nitrogens with zero attached hydrogens (tertiary/aromatic N) is 2. The predicted molar refractivity (Wildman–Crippen MR) is 208 cm³/mol. The number of azo groups is 1. The zero-order valence-corrected chi connectivity index (χ0v) is 34.2. The van der Waals surface area contributed by atoms with Gasteiger partial charge in [-0.1, -0.05) is 41.5 Å². The molecule has 2 aromatic rings. The molecule has 0 fully saturated rings. The van der Waals surface area contributed by atoms with E-state index < -0.39 is 11.6 Å². The molecule has 0 saturated heterocycles. The van der Waals surface area contributed by atoms with Crippen molar-refractivity contribution in [2.24, 2.45) is 21.1 Å². The third kappa shape index (κ3) is 17.9. The van der Waals surface area contributed by atoms with E-state index in [1.807, 2.05) is 20.8 Å². The van der Waals surface area contributed by atoms with Gasteiger partial charge in [-0.15, -0.1) is 5.11 Å². The number of benzene rings is 2. The molecule has 2 aromatic carbocycles. The zero-order valence-electron chi connectivity index (χ0n) is 34.2. The number of hydrogen-bond donors (Lipinski definition) is 1. The number of carboxylic acids is 1. The van der Waals surface area contributed by atoms with Crippen molar-refractivity contribution in [3.8, 4) is 23.0 Å². The molecule has 0 amide bonds. The minimum atomic E-state index is -1.18. The molecule has 14 nitrogen and oxygen atoms in total. The van der Waals surface area contributed by atoms with Crippen molar-refractivity contribution in [2.45, 2.75) is 73.8 Å². The Morgan fingerprint density at radius 1 is 0.727 bits per heavy atom. The molecule has 0 bridgehead atoms. The van der Waals surface area contributed by atoms with E-state index in [9.17, 15) is 9.90 Å². The summed E-state index contributed by atoms with van der Waals surface area (Å²) in [6, 6.07) is 8.09. The van der Waals surface area contributed by atoms with Crippen LogP contribution in [0.3, 0.4) is 0 Å². The SMILES string of the molecule is CCCOCC(C)(C)COCCOCCOc1cc(N=Nc2ccc3c(c2)OCCOCCOCC(C)(C)OCC(C)(C)CO3)c(C(=O)O)cc1OCCC. The molecule has 1 heterocycles. The van der Waals surface area contributed by atoms with Crippen molar-refractivity contribution >= 4 is 17.3 Å². The van der Waals surface area contributed by atoms with E-state index in [0.29, 0.717) is 101 Å². The monoisotopic (exact) mass is 776 g/mol. The van der Waals surface area contributed by atoms with E-state index in [-0.39, 0.29) is 41.9 Å². The Balaban J connectivity index is 1.71. The number of carboxylic acid groups (broad SMARTS) is 1. The standard InChI is InChI=1S/C41H64N2O12/c1-9-13-48-26-39(3,4)27-49-17-15-46-20-22-53-37-25-33(32(38(44)45)24-36(37)51-14-10-2)43-42-31-11-12-34-35(23-31)52-21-19-47-16-18-50-30-41(7,8)55-29-40(5,6)28-54-34/h11-12,23-25H,9-10,13-22,26-30H2,1-8H3,(H,44,45). The number of hydrogen-bond acceptors (Lipinski definition) is 13. The number of rotatable bonds is 19. The molecule has 0 atom stereocenters. The van der Waals surface area contributed by atoms with Crippen LogP contribution in [0.15, 0.2) is 40.6 Å². The topological polar surface area (TPSA) is 154 Å². The van der Waals surface area contributed by atoms with Crippen molar-refractivity contribution in [3.05, 3.63) is 35.9 Å². The van der Waals surface area contributed by atoms with Crippen LogP contribution >= 0.6 is 0 Å². The maximum atomic E-state index is 12.3. The smallest absolute Gasteiger partial charge is 0.338 e. The highest BCUT2D eigenvalue weighted by Gasteiger charge is 2.27. The van der Waals surface area contributed by atoms with Gasteiger partial charge in [0.05, 0.1) is 96.1 Å². The molecule has 1 aliphatic heterocycles. The summed E-state index contributed by atoms with van der Waals surface area (Å²) in [5, 5.41) is 18.8. The average molecular weight is 777 g/mol. The number of aromatic carboxylic acids is 1. The molecule has 0 spiro atoms. The second-order valence-electron chi connectivity index (χ2n) is 15.5. The summed E-state index contributed by atoms with van der Waals surface area (Å²) < 4.78 is 58.9. The molecule has 0 saturated carbocycles. The molecular formula is C41H64N2O12. The van der Waals surface area contributed by atoms with Crippen LogP contribution < -0.4 is 18.9 Å². The number of fused-ring (bicyclic) bond motifs is 1. The Bertz CT molecular complexity index is 1460. The van der Waals surface area contributed by atoms with Gasteiger partial charge in [-0.3, -0.25) is 0 Å². The molecule has 310 valence electrons. The zero-order chi connectivity index (χ0) is 40.2. The van der Waals surface area contributed by atoms with Crippen molar-refractivity contribution < 1.29 is 57.3 Å². The quantitative estimate of drug-likeness (QED) is 0.108. The molecule has 0 radical (unpaired) electrons. The lowest BCUT2D eigenvalue weighted by Crippen LogP contribution is -2.37. The largest absolute Gasteiger partial charge is 0.490 e. The predicted octanol–water partition coefficient (Wildman–Crippen LogP) is 8.08. The van der Waals surface area contributed by atoms with Crippen molar-refractivity contribution in [1.29, 1.82) is 0 Å². The highest BCUT2D eigenvalue weighted by molar-refractivity contribution is 5.94. The van der Waals surface area contributed by atoms with E-state index >= 15 is 0 Å². The molecular weight excluding hydrogens is 712 g/mol. The van der Waals surface area contributed by atoms with Crippen LogP contribution in [0.5, 0.6) is 23.0 Å². The third-order valence-electron chi connectivity index (χ3n) is 7.92. The summed E-state index contributed by atoms with van der Waals surface area (Å²) in [5.74, 6) is 0.409.